The Labute approximate surface area is 254 Å². The normalized spacial score (nSPS) is 11.4. The van der Waals surface area contributed by atoms with E-state index in [0.29, 0.717) is 0 Å². The van der Waals surface area contributed by atoms with Crippen molar-refractivity contribution < 1.29 is 19.8 Å². The number of nitrogens with zero attached hydrogens (tertiary/aromatic N) is 3. The number of aromatic nitrogens is 3. The van der Waals surface area contributed by atoms with E-state index in [1.807, 2.05) is 85.8 Å². The molecule has 44 heavy (non-hydrogen) atoms. The largest absolute Gasteiger partial charge is 0.506 e. The highest BCUT2D eigenvalue weighted by Crippen LogP contribution is 2.30. The van der Waals surface area contributed by atoms with Crippen LogP contribution in [0.2, 0.25) is 0 Å². The van der Waals surface area contributed by atoms with Gasteiger partial charge in [0.2, 0.25) is 11.9 Å². The van der Waals surface area contributed by atoms with Gasteiger partial charge in [0, 0.05) is 17.8 Å². The van der Waals surface area contributed by atoms with E-state index in [4.69, 9.17) is 4.98 Å². The van der Waals surface area contributed by atoms with Crippen molar-refractivity contribution in [3.8, 4) is 16.9 Å². The van der Waals surface area contributed by atoms with Crippen molar-refractivity contribution in [2.75, 3.05) is 22.5 Å². The van der Waals surface area contributed by atoms with Gasteiger partial charge in [-0.2, -0.15) is 15.0 Å². The molecule has 0 spiro atoms. The summed E-state index contributed by atoms with van der Waals surface area (Å²) in [4.78, 5) is 38.0. The summed E-state index contributed by atoms with van der Waals surface area (Å²) in [5.74, 6) is -0.678. The molecule has 1 unspecified atom stereocenters. The summed E-state index contributed by atoms with van der Waals surface area (Å²) in [6, 6.07) is 30.3. The first kappa shape index (κ1) is 29.7. The Kier molecular flexibility index (Phi) is 9.38. The summed E-state index contributed by atoms with van der Waals surface area (Å²) in [6.07, 6.45) is -0.114. The number of hydrogen-bond donors (Lipinski definition) is 6. The van der Waals surface area contributed by atoms with E-state index in [1.54, 1.807) is 18.2 Å². The van der Waals surface area contributed by atoms with Gasteiger partial charge in [0.25, 0.3) is 0 Å². The van der Waals surface area contributed by atoms with Crippen molar-refractivity contribution in [3.05, 3.63) is 120 Å². The minimum Gasteiger partial charge on any atom is -0.506 e. The van der Waals surface area contributed by atoms with Gasteiger partial charge in [-0.25, -0.2) is 4.79 Å². The fraction of sp³-hybridized carbons (Fsp3) is 0.121. The molecule has 6 N–H and O–H groups in total. The van der Waals surface area contributed by atoms with Crippen LogP contribution in [0.15, 0.2) is 103 Å². The number of amides is 2. The van der Waals surface area contributed by atoms with Crippen LogP contribution >= 0.6 is 0 Å². The summed E-state index contributed by atoms with van der Waals surface area (Å²) in [5.41, 5.74) is 4.64. The number of carboxylic acids is 1. The van der Waals surface area contributed by atoms with Gasteiger partial charge < -0.3 is 26.2 Å². The van der Waals surface area contributed by atoms with Crippen LogP contribution in [0.3, 0.4) is 0 Å². The Morgan fingerprint density at radius 1 is 0.773 bits per heavy atom. The number of carbonyl (C=O) groups is 2. The molecule has 1 atom stereocenters. The summed E-state index contributed by atoms with van der Waals surface area (Å²) >= 11 is 0. The predicted molar refractivity (Wildman–Crippen MR) is 169 cm³/mol. The molecule has 0 saturated carbocycles. The lowest BCUT2D eigenvalue weighted by Gasteiger charge is -2.20. The summed E-state index contributed by atoms with van der Waals surface area (Å²) in [5, 5.41) is 31.1. The molecule has 0 aliphatic carbocycles. The number of phenols is 1. The molecule has 0 saturated heterocycles. The zero-order valence-electron chi connectivity index (χ0n) is 23.9. The fourth-order valence-corrected chi connectivity index (χ4v) is 4.58. The van der Waals surface area contributed by atoms with Crippen LogP contribution in [0.25, 0.3) is 11.1 Å². The third-order valence-corrected chi connectivity index (χ3v) is 6.61. The van der Waals surface area contributed by atoms with Gasteiger partial charge in [-0.05, 0) is 36.2 Å². The van der Waals surface area contributed by atoms with E-state index in [1.165, 1.54) is 6.07 Å². The highest BCUT2D eigenvalue weighted by molar-refractivity contribution is 5.99. The topological polar surface area (TPSA) is 161 Å². The highest BCUT2D eigenvalue weighted by Gasteiger charge is 2.21. The average molecular weight is 590 g/mol. The van der Waals surface area contributed by atoms with Gasteiger partial charge in [0.05, 0.1) is 18.2 Å². The van der Waals surface area contributed by atoms with Crippen molar-refractivity contribution in [3.63, 3.8) is 0 Å². The Morgan fingerprint density at radius 3 is 2.23 bits per heavy atom. The lowest BCUT2D eigenvalue weighted by molar-refractivity contribution is -0.136. The van der Waals surface area contributed by atoms with Crippen LogP contribution < -0.4 is 21.3 Å². The van der Waals surface area contributed by atoms with E-state index in [0.717, 1.165) is 27.9 Å². The first-order chi connectivity index (χ1) is 21.4. The number of aliphatic carboxylic acids is 1. The number of anilines is 4. The molecule has 1 aromatic heterocycles. The Bertz CT molecular complexity index is 1760. The van der Waals surface area contributed by atoms with Crippen LogP contribution in [0.1, 0.15) is 29.4 Å². The van der Waals surface area contributed by atoms with Crippen LogP contribution in [-0.2, 0) is 4.79 Å². The second kappa shape index (κ2) is 13.9. The van der Waals surface area contributed by atoms with Gasteiger partial charge in [-0.15, -0.1) is 0 Å². The van der Waals surface area contributed by atoms with Crippen LogP contribution in [-0.4, -0.2) is 43.7 Å². The first-order valence-electron chi connectivity index (χ1n) is 13.9. The number of phenolic OH excluding ortho intramolecular Hbond substituents is 1. The van der Waals surface area contributed by atoms with Gasteiger partial charge in [0.15, 0.2) is 5.82 Å². The molecule has 11 nitrogen and oxygen atoms in total. The molecule has 0 fully saturated rings. The summed E-state index contributed by atoms with van der Waals surface area (Å²) in [6.45, 7) is 2.10. The molecule has 5 aromatic rings. The Morgan fingerprint density at radius 2 is 1.48 bits per heavy atom. The average Bonchev–Trinajstić information content (AvgIpc) is 3.01. The number of aryl methyl sites for hydroxylation is 1. The third kappa shape index (κ3) is 7.72. The molecule has 0 aliphatic rings. The number of urea groups is 1. The van der Waals surface area contributed by atoms with Crippen LogP contribution in [0, 0.1) is 6.92 Å². The number of para-hydroxylation sites is 3. The zero-order chi connectivity index (χ0) is 30.9. The van der Waals surface area contributed by atoms with Crippen LogP contribution in [0.4, 0.5) is 28.1 Å². The molecular formula is C33H31N7O4. The predicted octanol–water partition coefficient (Wildman–Crippen LogP) is 6.09. The van der Waals surface area contributed by atoms with Crippen molar-refractivity contribution in [1.29, 1.82) is 0 Å². The molecule has 1 heterocycles. The van der Waals surface area contributed by atoms with Gasteiger partial charge in [-0.1, -0.05) is 90.5 Å². The molecular weight excluding hydrogens is 558 g/mol. The maximum atomic E-state index is 13.0. The summed E-state index contributed by atoms with van der Waals surface area (Å²) < 4.78 is 0. The van der Waals surface area contributed by atoms with E-state index >= 15 is 0 Å². The Hall–Kier alpha value is -5.81. The van der Waals surface area contributed by atoms with Crippen molar-refractivity contribution in [1.82, 2.24) is 20.3 Å². The number of carbonyl (C=O) groups excluding carboxylic acids is 1. The molecule has 5 rings (SSSR count). The Balaban J connectivity index is 1.54. The molecule has 11 heteroatoms. The van der Waals surface area contributed by atoms with Crippen molar-refractivity contribution >= 4 is 35.3 Å². The van der Waals surface area contributed by atoms with E-state index in [2.05, 4.69) is 31.2 Å². The van der Waals surface area contributed by atoms with Crippen molar-refractivity contribution in [2.24, 2.45) is 0 Å². The molecule has 0 radical (unpaired) electrons. The lowest BCUT2D eigenvalue weighted by atomic mass is 10.0. The van der Waals surface area contributed by atoms with Crippen molar-refractivity contribution in [2.45, 2.75) is 19.4 Å². The quantitative estimate of drug-likeness (QED) is 0.100. The lowest BCUT2D eigenvalue weighted by Crippen LogP contribution is -2.28. The van der Waals surface area contributed by atoms with E-state index in [-0.39, 0.29) is 42.1 Å². The monoisotopic (exact) mass is 589 g/mol. The number of nitrogens with one attached hydrogen (secondary N) is 4. The highest BCUT2D eigenvalue weighted by atomic mass is 16.4. The second-order valence-corrected chi connectivity index (χ2v) is 9.92. The van der Waals surface area contributed by atoms with Crippen LogP contribution in [0.5, 0.6) is 5.75 Å². The van der Waals surface area contributed by atoms with Gasteiger partial charge in [-0.3, -0.25) is 10.1 Å². The van der Waals surface area contributed by atoms with E-state index in [9.17, 15) is 19.8 Å². The molecule has 2 amide bonds. The van der Waals surface area contributed by atoms with Gasteiger partial charge >= 0.3 is 12.0 Å². The fourth-order valence-electron chi connectivity index (χ4n) is 4.58. The molecule has 222 valence electrons. The number of carboxylic acid groups (broad SMARTS) is 1. The molecule has 4 aromatic carbocycles. The second-order valence-electron chi connectivity index (χ2n) is 9.92. The minimum absolute atomic E-state index is 0.0553. The standard InChI is InChI=1S/C33H31N7O4/c1-21-10-9-13-23(20-21)29(34-19-18-28(42)43)30-37-31(35-25-15-6-5-14-24(25)22-11-3-2-4-12-22)39-32(38-30)40-33(44)36-26-16-7-8-17-27(26)41/h2-17,20,29,34,41H,18-19H2,1H3,(H,42,43)(H3,35,36,37,38,39,40,44). The number of hydrogen-bond acceptors (Lipinski definition) is 8. The minimum atomic E-state index is -0.945. The third-order valence-electron chi connectivity index (χ3n) is 6.61. The smallest absolute Gasteiger partial charge is 0.326 e. The number of benzene rings is 4. The van der Waals surface area contributed by atoms with E-state index < -0.39 is 18.0 Å². The molecule has 0 bridgehead atoms. The SMILES string of the molecule is Cc1cccc(C(NCCC(=O)O)c2nc(NC(=O)Nc3ccccc3O)nc(Nc3ccccc3-c3ccccc3)n2)c1. The number of rotatable bonds is 11. The maximum absolute atomic E-state index is 13.0. The zero-order valence-corrected chi connectivity index (χ0v) is 23.9. The van der Waals surface area contributed by atoms with Gasteiger partial charge in [0.1, 0.15) is 5.75 Å². The number of aromatic hydroxyl groups is 1. The first-order valence-corrected chi connectivity index (χ1v) is 13.9. The molecule has 0 aliphatic heterocycles. The summed E-state index contributed by atoms with van der Waals surface area (Å²) in [7, 11) is 0. The maximum Gasteiger partial charge on any atom is 0.326 e.